The van der Waals surface area contributed by atoms with E-state index in [2.05, 4.69) is 12.6 Å². The zero-order chi connectivity index (χ0) is 13.6. The number of fused-ring (bicyclic) bond motifs is 1. The lowest BCUT2D eigenvalue weighted by atomic mass is 10.2. The van der Waals surface area contributed by atoms with Gasteiger partial charge >= 0.3 is 0 Å². The molecule has 2 aromatic carbocycles. The van der Waals surface area contributed by atoms with Crippen molar-refractivity contribution in [1.29, 1.82) is 0 Å². The topological polar surface area (TPSA) is 54.5 Å². The Hall–Kier alpha value is -1.79. The van der Waals surface area contributed by atoms with Crippen molar-refractivity contribution in [2.75, 3.05) is 4.31 Å². The van der Waals surface area contributed by atoms with Crippen molar-refractivity contribution in [2.45, 2.75) is 9.79 Å². The van der Waals surface area contributed by atoms with Crippen molar-refractivity contribution >= 4 is 34.2 Å². The summed E-state index contributed by atoms with van der Waals surface area (Å²) in [4.78, 5) is 12.8. The van der Waals surface area contributed by atoms with Crippen LogP contribution in [0.2, 0.25) is 0 Å². The number of rotatable bonds is 1. The lowest BCUT2D eigenvalue weighted by Crippen LogP contribution is -2.30. The molecule has 1 amide bonds. The first-order valence-corrected chi connectivity index (χ1v) is 7.39. The van der Waals surface area contributed by atoms with Crippen LogP contribution in [0.1, 0.15) is 10.4 Å². The van der Waals surface area contributed by atoms with Crippen molar-refractivity contribution in [3.8, 4) is 0 Å². The lowest BCUT2D eigenvalue weighted by Gasteiger charge is -2.16. The third-order valence-corrected chi connectivity index (χ3v) is 5.05. The van der Waals surface area contributed by atoms with Gasteiger partial charge in [0.2, 0.25) is 0 Å². The fourth-order valence-corrected chi connectivity index (χ4v) is 4.00. The van der Waals surface area contributed by atoms with Gasteiger partial charge in [-0.1, -0.05) is 24.3 Å². The smallest absolute Gasteiger partial charge is 0.268 e. The Morgan fingerprint density at radius 2 is 1.58 bits per heavy atom. The van der Waals surface area contributed by atoms with E-state index in [1.54, 1.807) is 36.4 Å². The number of carbonyl (C=O) groups excluding carboxylic acids is 1. The number of carbonyl (C=O) groups is 1. The van der Waals surface area contributed by atoms with Gasteiger partial charge in [0.1, 0.15) is 4.90 Å². The average molecular weight is 291 g/mol. The minimum absolute atomic E-state index is 0.0385. The number of sulfonamides is 1. The number of amides is 1. The summed E-state index contributed by atoms with van der Waals surface area (Å²) in [5.41, 5.74) is 0.464. The monoisotopic (exact) mass is 291 g/mol. The fourth-order valence-electron chi connectivity index (χ4n) is 2.06. The number of para-hydroxylation sites is 1. The zero-order valence-corrected chi connectivity index (χ0v) is 11.4. The van der Waals surface area contributed by atoms with Crippen molar-refractivity contribution in [2.24, 2.45) is 0 Å². The lowest BCUT2D eigenvalue weighted by molar-refractivity contribution is 0.101. The predicted octanol–water partition coefficient (Wildman–Crippen LogP) is 2.32. The summed E-state index contributed by atoms with van der Waals surface area (Å²) >= 11 is 4.21. The molecule has 19 heavy (non-hydrogen) atoms. The van der Waals surface area contributed by atoms with Crippen LogP contribution in [0.15, 0.2) is 58.3 Å². The van der Waals surface area contributed by atoms with Gasteiger partial charge in [0, 0.05) is 4.90 Å². The molecule has 3 rings (SSSR count). The molecule has 0 aliphatic carbocycles. The molecule has 6 heteroatoms. The summed E-state index contributed by atoms with van der Waals surface area (Å²) in [6.07, 6.45) is 0. The van der Waals surface area contributed by atoms with Crippen LogP contribution in [-0.2, 0) is 10.0 Å². The van der Waals surface area contributed by atoms with E-state index in [0.717, 1.165) is 4.31 Å². The van der Waals surface area contributed by atoms with Crippen LogP contribution in [0.4, 0.5) is 5.69 Å². The average Bonchev–Trinajstić information content (AvgIpc) is 2.60. The largest absolute Gasteiger partial charge is 0.273 e. The third-order valence-electron chi connectivity index (χ3n) is 2.92. The van der Waals surface area contributed by atoms with Gasteiger partial charge in [-0.15, -0.1) is 12.6 Å². The molecule has 1 aliphatic heterocycles. The molecule has 0 unspecified atom stereocenters. The maximum absolute atomic E-state index is 12.4. The van der Waals surface area contributed by atoms with Gasteiger partial charge in [0.05, 0.1) is 11.3 Å². The van der Waals surface area contributed by atoms with E-state index in [1.165, 1.54) is 12.1 Å². The molecule has 0 saturated carbocycles. The van der Waals surface area contributed by atoms with Crippen LogP contribution < -0.4 is 4.31 Å². The number of benzene rings is 2. The van der Waals surface area contributed by atoms with E-state index in [9.17, 15) is 13.2 Å². The highest BCUT2D eigenvalue weighted by molar-refractivity contribution is 7.94. The van der Waals surface area contributed by atoms with Gasteiger partial charge in [0.15, 0.2) is 0 Å². The minimum Gasteiger partial charge on any atom is -0.268 e. The normalized spacial score (nSPS) is 16.5. The zero-order valence-electron chi connectivity index (χ0n) is 9.65. The van der Waals surface area contributed by atoms with E-state index < -0.39 is 15.9 Å². The SMILES string of the molecule is O=C1c2ccccc2S(=O)(=O)N1c1ccccc1S. The summed E-state index contributed by atoms with van der Waals surface area (Å²) < 4.78 is 25.6. The van der Waals surface area contributed by atoms with Crippen molar-refractivity contribution in [3.05, 3.63) is 54.1 Å². The Bertz CT molecular complexity index is 784. The molecule has 96 valence electrons. The second-order valence-corrected chi connectivity index (χ2v) is 6.30. The second-order valence-electron chi connectivity index (χ2n) is 4.06. The molecular weight excluding hydrogens is 282 g/mol. The summed E-state index contributed by atoms with van der Waals surface area (Å²) in [6.45, 7) is 0. The molecule has 0 atom stereocenters. The molecule has 0 bridgehead atoms. The van der Waals surface area contributed by atoms with Crippen molar-refractivity contribution in [3.63, 3.8) is 0 Å². The maximum atomic E-state index is 12.4. The number of nitrogens with zero attached hydrogens (tertiary/aromatic N) is 1. The molecule has 2 aromatic rings. The van der Waals surface area contributed by atoms with E-state index in [0.29, 0.717) is 4.90 Å². The highest BCUT2D eigenvalue weighted by atomic mass is 32.2. The molecule has 1 heterocycles. The summed E-state index contributed by atoms with van der Waals surface area (Å²) in [7, 11) is -3.84. The predicted molar refractivity (Wildman–Crippen MR) is 74.1 cm³/mol. The molecular formula is C13H9NO3S2. The van der Waals surface area contributed by atoms with Crippen LogP contribution in [0.25, 0.3) is 0 Å². The van der Waals surface area contributed by atoms with Gasteiger partial charge in [-0.3, -0.25) is 4.79 Å². The standard InChI is InChI=1S/C13H9NO3S2/c15-13-9-5-1-4-8-12(9)19(16,17)14(13)10-6-2-3-7-11(10)18/h1-8,18H. The van der Waals surface area contributed by atoms with E-state index in [-0.39, 0.29) is 16.1 Å². The Labute approximate surface area is 116 Å². The van der Waals surface area contributed by atoms with E-state index in [4.69, 9.17) is 0 Å². The van der Waals surface area contributed by atoms with Gasteiger partial charge in [-0.05, 0) is 24.3 Å². The summed E-state index contributed by atoms with van der Waals surface area (Å²) in [6, 6.07) is 12.8. The van der Waals surface area contributed by atoms with Crippen molar-refractivity contribution in [1.82, 2.24) is 0 Å². The quantitative estimate of drug-likeness (QED) is 0.820. The summed E-state index contributed by atoms with van der Waals surface area (Å²) in [5, 5.41) is 0. The Morgan fingerprint density at radius 1 is 0.947 bits per heavy atom. The van der Waals surface area contributed by atoms with Crippen molar-refractivity contribution < 1.29 is 13.2 Å². The van der Waals surface area contributed by atoms with Gasteiger partial charge < -0.3 is 0 Å². The highest BCUT2D eigenvalue weighted by Crippen LogP contribution is 2.36. The van der Waals surface area contributed by atoms with Crippen LogP contribution in [0, 0.1) is 0 Å². The summed E-state index contributed by atoms with van der Waals surface area (Å²) in [5.74, 6) is -0.544. The van der Waals surface area contributed by atoms with Crippen LogP contribution >= 0.6 is 12.6 Å². The Morgan fingerprint density at radius 3 is 2.26 bits per heavy atom. The number of hydrogen-bond donors (Lipinski definition) is 1. The molecule has 4 nitrogen and oxygen atoms in total. The van der Waals surface area contributed by atoms with Crippen LogP contribution in [0.5, 0.6) is 0 Å². The number of anilines is 1. The molecule has 1 aliphatic rings. The Balaban J connectivity index is 2.28. The van der Waals surface area contributed by atoms with Gasteiger partial charge in [-0.2, -0.15) is 4.31 Å². The van der Waals surface area contributed by atoms with E-state index in [1.807, 2.05) is 0 Å². The number of thiol groups is 1. The molecule has 0 spiro atoms. The van der Waals surface area contributed by atoms with Gasteiger partial charge in [0.25, 0.3) is 15.9 Å². The molecule has 0 fully saturated rings. The first-order valence-electron chi connectivity index (χ1n) is 5.50. The third kappa shape index (κ3) is 1.67. The second kappa shape index (κ2) is 4.11. The maximum Gasteiger partial charge on any atom is 0.273 e. The van der Waals surface area contributed by atoms with Gasteiger partial charge in [-0.25, -0.2) is 8.42 Å². The first kappa shape index (κ1) is 12.3. The van der Waals surface area contributed by atoms with Crippen LogP contribution in [-0.4, -0.2) is 14.3 Å². The first-order chi connectivity index (χ1) is 9.03. The molecule has 0 saturated heterocycles. The Kier molecular flexibility index (Phi) is 2.65. The molecule has 0 radical (unpaired) electrons. The van der Waals surface area contributed by atoms with E-state index >= 15 is 0 Å². The number of hydrogen-bond acceptors (Lipinski definition) is 4. The highest BCUT2D eigenvalue weighted by Gasteiger charge is 2.42. The minimum atomic E-state index is -3.84. The molecule has 0 N–H and O–H groups in total. The molecule has 0 aromatic heterocycles. The fraction of sp³-hybridized carbons (Fsp3) is 0. The van der Waals surface area contributed by atoms with Crippen LogP contribution in [0.3, 0.4) is 0 Å².